The molecule has 12 nitrogen and oxygen atoms in total. The van der Waals surface area contributed by atoms with Crippen molar-refractivity contribution in [2.45, 2.75) is 32.6 Å². The number of carbonyl (C=O) groups is 1. The summed E-state index contributed by atoms with van der Waals surface area (Å²) in [5, 5.41) is 10.9. The van der Waals surface area contributed by atoms with Crippen LogP contribution in [-0.2, 0) is 42.8 Å². The first kappa shape index (κ1) is 34.2. The average Bonchev–Trinajstić information content (AvgIpc) is 2.99. The summed E-state index contributed by atoms with van der Waals surface area (Å²) >= 11 is 0. The standard InChI is InChI=1S/C32H40N3O9P/c1-22-18-26(44-15-14-42-11-10-41-12-13-43-16-17-45(38,39)40)7-6-25(22)5-2-24-19-28-27-8-3-23(4-9-30(36)37)20-29(27)35-32(33)31(28)34-21-24/h3,6-8,18-21H,2,4-5,9-17H2,1H3,(H2,33,35)(H,36,37)(H2,38,39,40). The van der Waals surface area contributed by atoms with Crippen molar-refractivity contribution in [1.82, 2.24) is 9.97 Å². The number of nitrogens with two attached hydrogens (primary N) is 1. The zero-order valence-electron chi connectivity index (χ0n) is 25.3. The van der Waals surface area contributed by atoms with Crippen LogP contribution in [0.5, 0.6) is 5.75 Å². The van der Waals surface area contributed by atoms with E-state index in [9.17, 15) is 9.36 Å². The third kappa shape index (κ3) is 11.0. The molecule has 0 fully saturated rings. The third-order valence-electron chi connectivity index (χ3n) is 7.17. The van der Waals surface area contributed by atoms with Crippen molar-refractivity contribution in [3.05, 3.63) is 70.9 Å². The highest BCUT2D eigenvalue weighted by Gasteiger charge is 2.12. The maximum absolute atomic E-state index is 11.0. The molecule has 13 heteroatoms. The van der Waals surface area contributed by atoms with Crippen LogP contribution >= 0.6 is 7.60 Å². The Morgan fingerprint density at radius 2 is 1.56 bits per heavy atom. The van der Waals surface area contributed by atoms with E-state index in [1.807, 2.05) is 36.5 Å². The molecule has 0 spiro atoms. The van der Waals surface area contributed by atoms with Crippen LogP contribution < -0.4 is 10.5 Å². The zero-order valence-corrected chi connectivity index (χ0v) is 26.2. The fourth-order valence-corrected chi connectivity index (χ4v) is 5.17. The van der Waals surface area contributed by atoms with E-state index in [0.29, 0.717) is 50.8 Å². The Kier molecular flexibility index (Phi) is 12.6. The van der Waals surface area contributed by atoms with Gasteiger partial charge in [-0.05, 0) is 72.7 Å². The summed E-state index contributed by atoms with van der Waals surface area (Å²) in [6, 6.07) is 14.0. The lowest BCUT2D eigenvalue weighted by Crippen LogP contribution is -2.13. The van der Waals surface area contributed by atoms with Crippen LogP contribution in [0.3, 0.4) is 0 Å². The number of hydrogen-bond donors (Lipinski definition) is 4. The molecule has 242 valence electrons. The Labute approximate surface area is 261 Å². The minimum atomic E-state index is -4.02. The quantitative estimate of drug-likeness (QED) is 0.0655. The van der Waals surface area contributed by atoms with Gasteiger partial charge in [-0.15, -0.1) is 0 Å². The molecule has 0 aliphatic heterocycles. The largest absolute Gasteiger partial charge is 0.491 e. The van der Waals surface area contributed by atoms with Crippen LogP contribution in [0.1, 0.15) is 28.7 Å². The maximum atomic E-state index is 11.0. The molecule has 0 unspecified atom stereocenters. The molecule has 0 atom stereocenters. The monoisotopic (exact) mass is 641 g/mol. The molecule has 45 heavy (non-hydrogen) atoms. The first-order chi connectivity index (χ1) is 21.6. The lowest BCUT2D eigenvalue weighted by Gasteiger charge is -2.12. The summed E-state index contributed by atoms with van der Waals surface area (Å²) in [6.07, 6.45) is 3.66. The Hall–Kier alpha value is -3.64. The SMILES string of the molecule is Cc1cc(OCCOCCOCCOCCP(=O)(O)O)ccc1CCc1cnc2c(N)nc3cc(CCC(=O)O)ccc3c2c1. The first-order valence-electron chi connectivity index (χ1n) is 14.8. The van der Waals surface area contributed by atoms with E-state index < -0.39 is 13.6 Å². The van der Waals surface area contributed by atoms with Gasteiger partial charge in [0.05, 0.1) is 51.3 Å². The smallest absolute Gasteiger partial charge is 0.327 e. The van der Waals surface area contributed by atoms with Crippen LogP contribution in [0.25, 0.3) is 21.8 Å². The van der Waals surface area contributed by atoms with Crippen molar-refractivity contribution in [2.24, 2.45) is 0 Å². The molecule has 0 bridgehead atoms. The molecular weight excluding hydrogens is 601 g/mol. The number of benzene rings is 2. The van der Waals surface area contributed by atoms with Gasteiger partial charge in [-0.1, -0.05) is 18.2 Å². The number of aryl methyl sites for hydroxylation is 4. The second-order valence-corrected chi connectivity index (χ2v) is 12.4. The van der Waals surface area contributed by atoms with Gasteiger partial charge < -0.3 is 39.6 Å². The number of hydrogen-bond acceptors (Lipinski definition) is 9. The van der Waals surface area contributed by atoms with E-state index in [0.717, 1.165) is 51.6 Å². The van der Waals surface area contributed by atoms with Gasteiger partial charge in [-0.2, -0.15) is 0 Å². The number of aliphatic carboxylic acids is 1. The van der Waals surface area contributed by atoms with Gasteiger partial charge in [0.1, 0.15) is 17.9 Å². The molecule has 2 heterocycles. The predicted octanol–water partition coefficient (Wildman–Crippen LogP) is 4.08. The predicted molar refractivity (Wildman–Crippen MR) is 171 cm³/mol. The number of nitrogens with zero attached hydrogens (tertiary/aromatic N) is 2. The lowest BCUT2D eigenvalue weighted by molar-refractivity contribution is -0.136. The van der Waals surface area contributed by atoms with Crippen molar-refractivity contribution in [3.63, 3.8) is 0 Å². The van der Waals surface area contributed by atoms with Gasteiger partial charge in [0.2, 0.25) is 0 Å². The number of aromatic nitrogens is 2. The maximum Gasteiger partial charge on any atom is 0.327 e. The van der Waals surface area contributed by atoms with E-state index in [4.69, 9.17) is 39.6 Å². The summed E-state index contributed by atoms with van der Waals surface area (Å²) in [6.45, 7) is 4.25. The van der Waals surface area contributed by atoms with Crippen LogP contribution in [0.15, 0.2) is 48.7 Å². The molecule has 4 rings (SSSR count). The van der Waals surface area contributed by atoms with Gasteiger partial charge in [-0.3, -0.25) is 14.3 Å². The van der Waals surface area contributed by atoms with Crippen molar-refractivity contribution >= 4 is 41.2 Å². The molecule has 5 N–H and O–H groups in total. The van der Waals surface area contributed by atoms with Gasteiger partial charge >= 0.3 is 13.6 Å². The number of anilines is 1. The van der Waals surface area contributed by atoms with Crippen LogP contribution in [-0.4, -0.2) is 83.2 Å². The zero-order chi connectivity index (χ0) is 32.2. The average molecular weight is 642 g/mol. The molecule has 0 amide bonds. The Balaban J connectivity index is 1.21. The van der Waals surface area contributed by atoms with E-state index in [-0.39, 0.29) is 25.8 Å². The number of nitrogen functional groups attached to an aromatic ring is 1. The molecule has 0 aliphatic carbocycles. The van der Waals surface area contributed by atoms with E-state index in [1.165, 1.54) is 5.56 Å². The van der Waals surface area contributed by atoms with Crippen LogP contribution in [0, 0.1) is 6.92 Å². The molecule has 0 radical (unpaired) electrons. The fourth-order valence-electron chi connectivity index (χ4n) is 4.80. The van der Waals surface area contributed by atoms with Crippen molar-refractivity contribution in [1.29, 1.82) is 0 Å². The number of fused-ring (bicyclic) bond motifs is 3. The van der Waals surface area contributed by atoms with Crippen molar-refractivity contribution in [3.8, 4) is 5.75 Å². The van der Waals surface area contributed by atoms with Gasteiger partial charge in [0, 0.05) is 23.4 Å². The second kappa shape index (κ2) is 16.6. The Morgan fingerprint density at radius 3 is 2.24 bits per heavy atom. The summed E-state index contributed by atoms with van der Waals surface area (Å²) < 4.78 is 32.6. The number of carboxylic acid groups (broad SMARTS) is 1. The van der Waals surface area contributed by atoms with Crippen molar-refractivity contribution in [2.75, 3.05) is 58.1 Å². The summed E-state index contributed by atoms with van der Waals surface area (Å²) in [4.78, 5) is 37.6. The summed E-state index contributed by atoms with van der Waals surface area (Å²) in [7, 11) is -4.02. The fraction of sp³-hybridized carbons (Fsp3) is 0.406. The summed E-state index contributed by atoms with van der Waals surface area (Å²) in [5.41, 5.74) is 11.9. The minimum absolute atomic E-state index is 0.00296. The topological polar surface area (TPSA) is 184 Å². The molecule has 0 aliphatic rings. The molecule has 0 saturated carbocycles. The number of pyridine rings is 2. The third-order valence-corrected chi connectivity index (χ3v) is 7.94. The first-order valence-corrected chi connectivity index (χ1v) is 16.6. The van der Waals surface area contributed by atoms with E-state index >= 15 is 0 Å². The lowest BCUT2D eigenvalue weighted by atomic mass is 9.99. The number of carboxylic acids is 1. The number of ether oxygens (including phenoxy) is 4. The highest BCUT2D eigenvalue weighted by molar-refractivity contribution is 7.51. The van der Waals surface area contributed by atoms with Gasteiger partial charge in [-0.25, -0.2) is 4.98 Å². The van der Waals surface area contributed by atoms with E-state index in [1.54, 1.807) is 0 Å². The molecule has 2 aromatic carbocycles. The second-order valence-electron chi connectivity index (χ2n) is 10.6. The summed E-state index contributed by atoms with van der Waals surface area (Å²) in [5.74, 6) is 0.289. The van der Waals surface area contributed by atoms with Gasteiger partial charge in [0.25, 0.3) is 0 Å². The highest BCUT2D eigenvalue weighted by atomic mass is 31.2. The molecule has 0 saturated heterocycles. The minimum Gasteiger partial charge on any atom is -0.491 e. The highest BCUT2D eigenvalue weighted by Crippen LogP contribution is 2.33. The van der Waals surface area contributed by atoms with Gasteiger partial charge in [0.15, 0.2) is 5.82 Å². The Morgan fingerprint density at radius 1 is 0.844 bits per heavy atom. The number of rotatable bonds is 19. The van der Waals surface area contributed by atoms with Crippen LogP contribution in [0.2, 0.25) is 0 Å². The molecule has 4 aromatic rings. The molecule has 2 aromatic heterocycles. The van der Waals surface area contributed by atoms with Crippen LogP contribution in [0.4, 0.5) is 5.82 Å². The normalized spacial score (nSPS) is 11.8. The van der Waals surface area contributed by atoms with E-state index in [2.05, 4.69) is 29.0 Å². The Bertz CT molecular complexity index is 1640. The van der Waals surface area contributed by atoms with Crippen molar-refractivity contribution < 1.29 is 43.2 Å². The molecular formula is C32H40N3O9P.